The van der Waals surface area contributed by atoms with Crippen LogP contribution in [0, 0.1) is 0 Å². The van der Waals surface area contributed by atoms with E-state index in [0.29, 0.717) is 42.2 Å². The van der Waals surface area contributed by atoms with Crippen LogP contribution in [0.15, 0.2) is 108 Å². The molecule has 0 spiro atoms. The maximum Gasteiger partial charge on any atom is 0.193 e. The van der Waals surface area contributed by atoms with E-state index in [-0.39, 0.29) is 17.5 Å². The Labute approximate surface area is 232 Å². The van der Waals surface area contributed by atoms with Crippen molar-refractivity contribution >= 4 is 11.0 Å². The highest BCUT2D eigenvalue weighted by Gasteiger charge is 2.25. The van der Waals surface area contributed by atoms with E-state index in [2.05, 4.69) is 49.2 Å². The molecule has 1 aromatic heterocycles. The predicted molar refractivity (Wildman–Crippen MR) is 153 cm³/mol. The van der Waals surface area contributed by atoms with Crippen LogP contribution in [0.3, 0.4) is 0 Å². The van der Waals surface area contributed by atoms with Gasteiger partial charge in [0.25, 0.3) is 0 Å². The van der Waals surface area contributed by atoms with Gasteiger partial charge in [-0.25, -0.2) is 0 Å². The van der Waals surface area contributed by atoms with Crippen LogP contribution in [0.1, 0.15) is 12.8 Å². The third kappa shape index (κ3) is 6.45. The molecule has 0 saturated carbocycles. The molecule has 10 heteroatoms. The Bertz CT molecular complexity index is 1490. The second-order valence-electron chi connectivity index (χ2n) is 10.3. The Kier molecular flexibility index (Phi) is 7.95. The molecule has 6 rings (SSSR count). The van der Waals surface area contributed by atoms with E-state index in [1.807, 2.05) is 35.3 Å². The summed E-state index contributed by atoms with van der Waals surface area (Å²) in [4.78, 5) is 15.1. The van der Waals surface area contributed by atoms with Gasteiger partial charge in [-0.15, -0.1) is 0 Å². The number of benzene rings is 2. The second kappa shape index (κ2) is 12.3. The van der Waals surface area contributed by atoms with Gasteiger partial charge < -0.3 is 9.15 Å². The molecule has 3 aliphatic rings. The van der Waals surface area contributed by atoms with Crippen LogP contribution >= 0.6 is 0 Å². The first-order valence-corrected chi connectivity index (χ1v) is 13.8. The van der Waals surface area contributed by atoms with Gasteiger partial charge in [-0.3, -0.25) is 20.1 Å². The van der Waals surface area contributed by atoms with Crippen LogP contribution in [0.2, 0.25) is 0 Å². The van der Waals surface area contributed by atoms with Crippen molar-refractivity contribution in [1.82, 2.24) is 15.3 Å². The van der Waals surface area contributed by atoms with E-state index < -0.39 is 0 Å². The van der Waals surface area contributed by atoms with E-state index in [1.54, 1.807) is 18.2 Å². The molecule has 206 valence electrons. The summed E-state index contributed by atoms with van der Waals surface area (Å²) in [6.45, 7) is 5.06. The normalized spacial score (nSPS) is 19.9. The summed E-state index contributed by atoms with van der Waals surface area (Å²) in [6.07, 6.45) is 9.01. The SMILES string of the molecule is O=c1cc(-c2ccccc2)oc2cc(OCCN3CC(CN(CC4=CCCC=C4)CC4CN=NN4)N=N3)ccc12. The Hall–Kier alpha value is -4.31. The molecular formula is C30H33N7O3. The van der Waals surface area contributed by atoms with Gasteiger partial charge in [0.1, 0.15) is 29.7 Å². The summed E-state index contributed by atoms with van der Waals surface area (Å²) in [5.41, 5.74) is 5.74. The lowest BCUT2D eigenvalue weighted by Gasteiger charge is -2.27. The number of nitrogens with one attached hydrogen (secondary N) is 1. The standard InChI is InChI=1S/C30H33N7O3/c38-28-16-29(23-9-5-2-6-10-23)40-30-15-26(11-12-27(28)30)39-14-13-37-21-25(33-35-37)20-36(19-24-17-31-34-32-24)18-22-7-3-1-4-8-22/h2-3,5-12,15-16,24-25H,1,4,13-14,17-21H2,(H,31,32). The summed E-state index contributed by atoms with van der Waals surface area (Å²) in [5.74, 6) is 1.18. The van der Waals surface area contributed by atoms with E-state index in [4.69, 9.17) is 9.15 Å². The van der Waals surface area contributed by atoms with Crippen molar-refractivity contribution in [1.29, 1.82) is 0 Å². The molecule has 2 aliphatic heterocycles. The first-order valence-electron chi connectivity index (χ1n) is 13.8. The molecule has 2 unspecified atom stereocenters. The van der Waals surface area contributed by atoms with Crippen LogP contribution in [-0.2, 0) is 0 Å². The number of allylic oxidation sites excluding steroid dienone is 2. The molecule has 0 radical (unpaired) electrons. The maximum atomic E-state index is 12.6. The third-order valence-corrected chi connectivity index (χ3v) is 7.18. The van der Waals surface area contributed by atoms with Crippen LogP contribution in [0.25, 0.3) is 22.3 Å². The van der Waals surface area contributed by atoms with Crippen LogP contribution in [0.4, 0.5) is 0 Å². The fourth-order valence-electron chi connectivity index (χ4n) is 5.19. The van der Waals surface area contributed by atoms with E-state index in [0.717, 1.165) is 44.6 Å². The first-order chi connectivity index (χ1) is 19.7. The van der Waals surface area contributed by atoms with Gasteiger partial charge in [0.15, 0.2) is 5.43 Å². The topological polar surface area (TPSA) is 107 Å². The Morgan fingerprint density at radius 2 is 2.02 bits per heavy atom. The van der Waals surface area contributed by atoms with Gasteiger partial charge in [0.2, 0.25) is 0 Å². The fraction of sp³-hybridized carbons (Fsp3) is 0.367. The highest BCUT2D eigenvalue weighted by molar-refractivity contribution is 5.80. The van der Waals surface area contributed by atoms with Crippen molar-refractivity contribution in [2.75, 3.05) is 45.9 Å². The minimum Gasteiger partial charge on any atom is -0.492 e. The molecule has 2 atom stereocenters. The molecule has 40 heavy (non-hydrogen) atoms. The van der Waals surface area contributed by atoms with Crippen LogP contribution in [0.5, 0.6) is 5.75 Å². The van der Waals surface area contributed by atoms with Crippen molar-refractivity contribution in [2.24, 2.45) is 20.7 Å². The van der Waals surface area contributed by atoms with Crippen molar-refractivity contribution in [3.63, 3.8) is 0 Å². The molecule has 0 amide bonds. The highest BCUT2D eigenvalue weighted by atomic mass is 16.5. The lowest BCUT2D eigenvalue weighted by Crippen LogP contribution is -2.43. The Balaban J connectivity index is 1.02. The number of rotatable bonds is 11. The second-order valence-corrected chi connectivity index (χ2v) is 10.3. The zero-order valence-corrected chi connectivity index (χ0v) is 22.4. The molecule has 1 aliphatic carbocycles. The number of hydrogen-bond donors (Lipinski definition) is 1. The number of nitrogens with zero attached hydrogens (tertiary/aromatic N) is 6. The quantitative estimate of drug-likeness (QED) is 0.375. The number of ether oxygens (including phenoxy) is 1. The highest BCUT2D eigenvalue weighted by Crippen LogP contribution is 2.25. The molecule has 1 N–H and O–H groups in total. The minimum absolute atomic E-state index is 0.0764. The average Bonchev–Trinajstić information content (AvgIpc) is 3.66. The molecule has 3 aromatic rings. The summed E-state index contributed by atoms with van der Waals surface area (Å²) in [6, 6.07) is 16.8. The molecule has 0 bridgehead atoms. The van der Waals surface area contributed by atoms with Gasteiger partial charge >= 0.3 is 0 Å². The van der Waals surface area contributed by atoms with Gasteiger partial charge in [0, 0.05) is 37.3 Å². The molecule has 2 aromatic carbocycles. The summed E-state index contributed by atoms with van der Waals surface area (Å²) >= 11 is 0. The lowest BCUT2D eigenvalue weighted by molar-refractivity contribution is 0.211. The minimum atomic E-state index is -0.0764. The third-order valence-electron chi connectivity index (χ3n) is 7.18. The van der Waals surface area contributed by atoms with E-state index in [9.17, 15) is 4.79 Å². The largest absolute Gasteiger partial charge is 0.492 e. The van der Waals surface area contributed by atoms with Crippen molar-refractivity contribution in [3.8, 4) is 17.1 Å². The van der Waals surface area contributed by atoms with Gasteiger partial charge in [-0.1, -0.05) is 59.0 Å². The summed E-state index contributed by atoms with van der Waals surface area (Å²) in [7, 11) is 0. The Morgan fingerprint density at radius 1 is 1.10 bits per heavy atom. The predicted octanol–water partition coefficient (Wildman–Crippen LogP) is 4.81. The Morgan fingerprint density at radius 3 is 2.85 bits per heavy atom. The zero-order chi connectivity index (χ0) is 27.1. The van der Waals surface area contributed by atoms with E-state index in [1.165, 1.54) is 11.6 Å². The molecular weight excluding hydrogens is 506 g/mol. The first kappa shape index (κ1) is 25.9. The fourth-order valence-corrected chi connectivity index (χ4v) is 5.19. The number of hydrogen-bond acceptors (Lipinski definition) is 10. The van der Waals surface area contributed by atoms with E-state index >= 15 is 0 Å². The monoisotopic (exact) mass is 539 g/mol. The van der Waals surface area contributed by atoms with Gasteiger partial charge in [-0.2, -0.15) is 10.2 Å². The van der Waals surface area contributed by atoms with Crippen molar-refractivity contribution in [2.45, 2.75) is 24.9 Å². The lowest BCUT2D eigenvalue weighted by atomic mass is 10.1. The molecule has 0 saturated heterocycles. The van der Waals surface area contributed by atoms with Crippen molar-refractivity contribution < 1.29 is 9.15 Å². The summed E-state index contributed by atoms with van der Waals surface area (Å²) in [5, 5.41) is 19.4. The zero-order valence-electron chi connectivity index (χ0n) is 22.4. The smallest absolute Gasteiger partial charge is 0.193 e. The molecule has 10 nitrogen and oxygen atoms in total. The van der Waals surface area contributed by atoms with Crippen LogP contribution in [-0.4, -0.2) is 67.9 Å². The molecule has 3 heterocycles. The summed E-state index contributed by atoms with van der Waals surface area (Å²) < 4.78 is 12.1. The maximum absolute atomic E-state index is 12.6. The van der Waals surface area contributed by atoms with Gasteiger partial charge in [-0.05, 0) is 30.5 Å². The van der Waals surface area contributed by atoms with Crippen LogP contribution < -0.4 is 15.6 Å². The molecule has 0 fully saturated rings. The van der Waals surface area contributed by atoms with Gasteiger partial charge in [0.05, 0.1) is 31.1 Å². The average molecular weight is 540 g/mol. The van der Waals surface area contributed by atoms with Crippen molar-refractivity contribution in [3.05, 3.63) is 88.6 Å². The number of fused-ring (bicyclic) bond motifs is 1.